The fourth-order valence-electron chi connectivity index (χ4n) is 3.55. The molecule has 0 amide bonds. The van der Waals surface area contributed by atoms with Crippen LogP contribution in [0.2, 0.25) is 0 Å². The van der Waals surface area contributed by atoms with E-state index in [1.54, 1.807) is 0 Å². The highest BCUT2D eigenvalue weighted by atomic mass is 127. The van der Waals surface area contributed by atoms with Gasteiger partial charge in [-0.1, -0.05) is 12.8 Å². The Morgan fingerprint density at radius 1 is 1.25 bits per heavy atom. The molecular weight excluding hydrogens is 381 g/mol. The summed E-state index contributed by atoms with van der Waals surface area (Å²) in [6.07, 6.45) is 11.9. The minimum atomic E-state index is 0. The van der Waals surface area contributed by atoms with Crippen LogP contribution in [0.25, 0.3) is 0 Å². The second kappa shape index (κ2) is 9.38. The van der Waals surface area contributed by atoms with E-state index in [0.29, 0.717) is 5.41 Å². The van der Waals surface area contributed by atoms with Crippen molar-refractivity contribution in [3.8, 4) is 0 Å². The van der Waals surface area contributed by atoms with E-state index in [9.17, 15) is 0 Å². The van der Waals surface area contributed by atoms with Crippen molar-refractivity contribution in [2.75, 3.05) is 38.7 Å². The number of rotatable bonds is 5. The molecule has 0 aromatic carbocycles. The first kappa shape index (κ1) is 18.4. The summed E-state index contributed by atoms with van der Waals surface area (Å²) in [6.45, 7) is 3.50. The molecule has 0 radical (unpaired) electrons. The zero-order valence-electron chi connectivity index (χ0n) is 13.0. The zero-order chi connectivity index (χ0) is 13.6. The Morgan fingerprint density at radius 3 is 2.65 bits per heavy atom. The molecule has 2 rings (SSSR count). The molecule has 0 aromatic heterocycles. The third kappa shape index (κ3) is 4.97. The Balaban J connectivity index is 0.00000200. The van der Waals surface area contributed by atoms with Crippen LogP contribution in [0.3, 0.4) is 0 Å². The second-order valence-electron chi connectivity index (χ2n) is 6.05. The van der Waals surface area contributed by atoms with E-state index in [1.807, 2.05) is 18.8 Å². The lowest BCUT2D eigenvalue weighted by Gasteiger charge is -2.25. The van der Waals surface area contributed by atoms with Crippen LogP contribution in [0, 0.1) is 5.41 Å². The number of nitrogens with zero attached hydrogens (tertiary/aromatic N) is 2. The number of hydrogen-bond acceptors (Lipinski definition) is 2. The summed E-state index contributed by atoms with van der Waals surface area (Å²) >= 11 is 1.94. The Bertz CT molecular complexity index is 303. The minimum Gasteiger partial charge on any atom is -0.356 e. The van der Waals surface area contributed by atoms with Crippen LogP contribution < -0.4 is 5.32 Å². The maximum Gasteiger partial charge on any atom is 0.193 e. The predicted octanol–water partition coefficient (Wildman–Crippen LogP) is 3.59. The molecule has 1 heterocycles. The van der Waals surface area contributed by atoms with E-state index in [1.165, 1.54) is 63.8 Å². The first-order chi connectivity index (χ1) is 9.29. The molecule has 118 valence electrons. The van der Waals surface area contributed by atoms with Gasteiger partial charge in [0.25, 0.3) is 0 Å². The van der Waals surface area contributed by atoms with Gasteiger partial charge in [0.1, 0.15) is 0 Å². The summed E-state index contributed by atoms with van der Waals surface area (Å²) in [7, 11) is 1.92. The van der Waals surface area contributed by atoms with Crippen molar-refractivity contribution in [1.82, 2.24) is 10.2 Å². The molecule has 20 heavy (non-hydrogen) atoms. The molecule has 5 heteroatoms. The quantitative estimate of drug-likeness (QED) is 0.324. The van der Waals surface area contributed by atoms with Crippen molar-refractivity contribution in [2.24, 2.45) is 10.4 Å². The molecule has 2 aliphatic rings. The average molecular weight is 411 g/mol. The van der Waals surface area contributed by atoms with Gasteiger partial charge >= 0.3 is 0 Å². The summed E-state index contributed by atoms with van der Waals surface area (Å²) in [5.74, 6) is 2.40. The normalized spacial score (nSPS) is 21.3. The second-order valence-corrected chi connectivity index (χ2v) is 7.04. The number of unbranched alkanes of at least 4 members (excludes halogenated alkanes) is 1. The first-order valence-electron chi connectivity index (χ1n) is 7.74. The van der Waals surface area contributed by atoms with Gasteiger partial charge in [-0.15, -0.1) is 24.0 Å². The topological polar surface area (TPSA) is 27.6 Å². The maximum atomic E-state index is 4.47. The van der Waals surface area contributed by atoms with Gasteiger partial charge in [0, 0.05) is 26.7 Å². The first-order valence-corrected chi connectivity index (χ1v) is 9.14. The largest absolute Gasteiger partial charge is 0.356 e. The highest BCUT2D eigenvalue weighted by Crippen LogP contribution is 2.45. The van der Waals surface area contributed by atoms with Crippen molar-refractivity contribution in [2.45, 2.75) is 44.9 Å². The Kier molecular flexibility index (Phi) is 8.63. The minimum absolute atomic E-state index is 0. The predicted molar refractivity (Wildman–Crippen MR) is 101 cm³/mol. The molecule has 0 bridgehead atoms. The lowest BCUT2D eigenvalue weighted by Crippen LogP contribution is -2.41. The third-order valence-corrected chi connectivity index (χ3v) is 5.37. The molecule has 0 unspecified atom stereocenters. The van der Waals surface area contributed by atoms with E-state index in [4.69, 9.17) is 0 Å². The van der Waals surface area contributed by atoms with Gasteiger partial charge in [0.2, 0.25) is 0 Å². The summed E-state index contributed by atoms with van der Waals surface area (Å²) in [5, 5.41) is 3.54. The van der Waals surface area contributed by atoms with E-state index in [2.05, 4.69) is 21.5 Å². The zero-order valence-corrected chi connectivity index (χ0v) is 16.1. The summed E-state index contributed by atoms with van der Waals surface area (Å²) in [5.41, 5.74) is 0.635. The van der Waals surface area contributed by atoms with Crippen LogP contribution in [0.5, 0.6) is 0 Å². The number of nitrogens with one attached hydrogen (secondary N) is 1. The molecule has 0 atom stereocenters. The van der Waals surface area contributed by atoms with Gasteiger partial charge < -0.3 is 10.2 Å². The fraction of sp³-hybridized carbons (Fsp3) is 0.933. The molecule has 1 N–H and O–H groups in total. The molecule has 1 saturated heterocycles. The van der Waals surface area contributed by atoms with Crippen molar-refractivity contribution < 1.29 is 0 Å². The summed E-state index contributed by atoms with van der Waals surface area (Å²) < 4.78 is 0. The van der Waals surface area contributed by atoms with E-state index in [-0.39, 0.29) is 24.0 Å². The number of halogens is 1. The average Bonchev–Trinajstić information content (AvgIpc) is 3.05. The van der Waals surface area contributed by atoms with Gasteiger partial charge in [0.15, 0.2) is 5.96 Å². The number of thioether (sulfide) groups is 1. The van der Waals surface area contributed by atoms with Crippen LogP contribution in [0.4, 0.5) is 0 Å². The molecule has 1 spiro atoms. The van der Waals surface area contributed by atoms with Crippen molar-refractivity contribution in [3.63, 3.8) is 0 Å². The fourth-order valence-corrected chi connectivity index (χ4v) is 4.05. The number of aliphatic imine (C=N–C) groups is 1. The molecule has 1 aliphatic carbocycles. The van der Waals surface area contributed by atoms with Gasteiger partial charge in [-0.2, -0.15) is 11.8 Å². The van der Waals surface area contributed by atoms with Gasteiger partial charge in [0.05, 0.1) is 0 Å². The van der Waals surface area contributed by atoms with Gasteiger partial charge in [-0.25, -0.2) is 0 Å². The summed E-state index contributed by atoms with van der Waals surface area (Å²) in [4.78, 5) is 6.95. The smallest absolute Gasteiger partial charge is 0.193 e. The van der Waals surface area contributed by atoms with Crippen molar-refractivity contribution >= 4 is 41.7 Å². The van der Waals surface area contributed by atoms with E-state index < -0.39 is 0 Å². The standard InChI is InChI=1S/C15H29N3S.HI/c1-16-14(17-10-5-6-12-19-2)18-11-9-15(13-18)7-3-4-8-15;/h3-13H2,1-2H3,(H,16,17);1H. The Morgan fingerprint density at radius 2 is 2.00 bits per heavy atom. The number of likely N-dealkylation sites (tertiary alicyclic amines) is 1. The maximum absolute atomic E-state index is 4.47. The number of hydrogen-bond donors (Lipinski definition) is 1. The Hall–Kier alpha value is 0.350. The molecule has 1 aliphatic heterocycles. The molecule has 1 saturated carbocycles. The monoisotopic (exact) mass is 411 g/mol. The van der Waals surface area contributed by atoms with Crippen LogP contribution in [0.1, 0.15) is 44.9 Å². The highest BCUT2D eigenvalue weighted by molar-refractivity contribution is 14.0. The SMILES string of the molecule is CN=C(NCCCCSC)N1CCC2(CCCC2)C1.I. The highest BCUT2D eigenvalue weighted by Gasteiger charge is 2.40. The number of guanidine groups is 1. The molecule has 2 fully saturated rings. The van der Waals surface area contributed by atoms with Gasteiger partial charge in [-0.3, -0.25) is 4.99 Å². The van der Waals surface area contributed by atoms with E-state index >= 15 is 0 Å². The van der Waals surface area contributed by atoms with Crippen LogP contribution in [-0.2, 0) is 0 Å². The van der Waals surface area contributed by atoms with Crippen LogP contribution in [0.15, 0.2) is 4.99 Å². The summed E-state index contributed by atoms with van der Waals surface area (Å²) in [6, 6.07) is 0. The van der Waals surface area contributed by atoms with E-state index in [0.717, 1.165) is 12.5 Å². The van der Waals surface area contributed by atoms with Crippen LogP contribution in [-0.4, -0.2) is 49.6 Å². The molecule has 0 aromatic rings. The lowest BCUT2D eigenvalue weighted by atomic mass is 9.86. The van der Waals surface area contributed by atoms with Crippen molar-refractivity contribution in [1.29, 1.82) is 0 Å². The van der Waals surface area contributed by atoms with Crippen molar-refractivity contribution in [3.05, 3.63) is 0 Å². The molecular formula is C15H30IN3S. The molecule has 3 nitrogen and oxygen atoms in total. The Labute approximate surface area is 145 Å². The van der Waals surface area contributed by atoms with Gasteiger partial charge in [-0.05, 0) is 49.5 Å². The lowest BCUT2D eigenvalue weighted by molar-refractivity contribution is 0.309. The van der Waals surface area contributed by atoms with Crippen LogP contribution >= 0.6 is 35.7 Å². The third-order valence-electron chi connectivity index (χ3n) is 4.67.